The first-order chi connectivity index (χ1) is 16.8. The highest BCUT2D eigenvalue weighted by molar-refractivity contribution is 5.91. The lowest BCUT2D eigenvalue weighted by Crippen LogP contribution is -2.38. The van der Waals surface area contributed by atoms with Crippen molar-refractivity contribution in [3.05, 3.63) is 96.6 Å². The van der Waals surface area contributed by atoms with Crippen LogP contribution in [0.3, 0.4) is 0 Å². The van der Waals surface area contributed by atoms with Gasteiger partial charge in [0.25, 0.3) is 5.91 Å². The number of oxazole rings is 1. The molecule has 0 atom stereocenters. The lowest BCUT2D eigenvalue weighted by molar-refractivity contribution is 0.0694. The number of carbonyl (C=O) groups is 1. The van der Waals surface area contributed by atoms with Crippen LogP contribution in [0.15, 0.2) is 89.3 Å². The van der Waals surface area contributed by atoms with E-state index in [4.69, 9.17) is 4.42 Å². The number of likely N-dealkylation sites (tertiary alicyclic amines) is 1. The Morgan fingerprint density at radius 2 is 1.50 bits per heavy atom. The lowest BCUT2D eigenvalue weighted by Gasteiger charge is -2.29. The fourth-order valence-corrected chi connectivity index (χ4v) is 4.46. The van der Waals surface area contributed by atoms with Crippen LogP contribution in [-0.4, -0.2) is 43.6 Å². The summed E-state index contributed by atoms with van der Waals surface area (Å²) in [6.45, 7) is 1.23. The van der Waals surface area contributed by atoms with Gasteiger partial charge in [0.2, 0.25) is 5.82 Å². The molecule has 5 aromatic rings. The molecule has 6 rings (SSSR count). The summed E-state index contributed by atoms with van der Waals surface area (Å²) in [7, 11) is 0. The highest BCUT2D eigenvalue weighted by Gasteiger charge is 2.30. The summed E-state index contributed by atoms with van der Waals surface area (Å²) < 4.78 is 7.71. The second-order valence-corrected chi connectivity index (χ2v) is 8.46. The van der Waals surface area contributed by atoms with E-state index < -0.39 is 0 Å². The van der Waals surface area contributed by atoms with Crippen molar-refractivity contribution in [3.63, 3.8) is 0 Å². The van der Waals surface area contributed by atoms with Gasteiger partial charge < -0.3 is 9.32 Å². The Bertz CT molecular complexity index is 1340. The molecule has 0 saturated carbocycles. The maximum atomic E-state index is 13.4. The van der Waals surface area contributed by atoms with Gasteiger partial charge in [0.05, 0.1) is 5.69 Å². The summed E-state index contributed by atoms with van der Waals surface area (Å²) in [4.78, 5) is 24.5. The molecule has 3 aromatic carbocycles. The molecular formula is C27H23N5O2. The summed E-state index contributed by atoms with van der Waals surface area (Å²) in [6.07, 6.45) is 1.59. The van der Waals surface area contributed by atoms with Gasteiger partial charge in [0.1, 0.15) is 5.52 Å². The van der Waals surface area contributed by atoms with Crippen molar-refractivity contribution < 1.29 is 9.21 Å². The van der Waals surface area contributed by atoms with E-state index >= 15 is 0 Å². The van der Waals surface area contributed by atoms with Gasteiger partial charge in [0.15, 0.2) is 17.3 Å². The van der Waals surface area contributed by atoms with Crippen LogP contribution < -0.4 is 0 Å². The van der Waals surface area contributed by atoms with Crippen molar-refractivity contribution >= 4 is 17.0 Å². The average molecular weight is 450 g/mol. The lowest BCUT2D eigenvalue weighted by atomic mass is 9.97. The van der Waals surface area contributed by atoms with Gasteiger partial charge in [-0.15, -0.1) is 5.10 Å². The number of hydrogen-bond acceptors (Lipinski definition) is 5. The smallest absolute Gasteiger partial charge is 0.293 e. The number of amides is 1. The van der Waals surface area contributed by atoms with Crippen molar-refractivity contribution in [1.29, 1.82) is 0 Å². The second kappa shape index (κ2) is 8.59. The SMILES string of the molecule is O=C(c1nc(-c2ccccc2)n(-c2ccccc2)n1)N1CCC(c2nc3ccccc3o2)CC1. The van der Waals surface area contributed by atoms with E-state index in [0.717, 1.165) is 41.1 Å². The molecule has 34 heavy (non-hydrogen) atoms. The van der Waals surface area contributed by atoms with Gasteiger partial charge in [-0.2, -0.15) is 0 Å². The topological polar surface area (TPSA) is 77.1 Å². The van der Waals surface area contributed by atoms with Crippen molar-refractivity contribution in [2.75, 3.05) is 13.1 Å². The Balaban J connectivity index is 1.24. The third-order valence-electron chi connectivity index (χ3n) is 6.27. The van der Waals surface area contributed by atoms with Crippen LogP contribution in [0, 0.1) is 0 Å². The Kier molecular flexibility index (Phi) is 5.14. The number of para-hydroxylation sites is 3. The predicted octanol–water partition coefficient (Wildman–Crippen LogP) is 5.10. The summed E-state index contributed by atoms with van der Waals surface area (Å²) in [5, 5.41) is 4.62. The zero-order valence-corrected chi connectivity index (χ0v) is 18.5. The molecular weight excluding hydrogens is 426 g/mol. The minimum absolute atomic E-state index is 0.150. The average Bonchev–Trinajstić information content (AvgIpc) is 3.55. The third-order valence-corrected chi connectivity index (χ3v) is 6.27. The summed E-state index contributed by atoms with van der Waals surface area (Å²) >= 11 is 0. The number of aromatic nitrogens is 4. The molecule has 168 valence electrons. The molecule has 1 saturated heterocycles. The number of carbonyl (C=O) groups excluding carboxylic acids is 1. The van der Waals surface area contributed by atoms with Gasteiger partial charge in [-0.1, -0.05) is 60.7 Å². The fourth-order valence-electron chi connectivity index (χ4n) is 4.46. The number of nitrogens with zero attached hydrogens (tertiary/aromatic N) is 5. The van der Waals surface area contributed by atoms with E-state index in [1.165, 1.54) is 0 Å². The van der Waals surface area contributed by atoms with Crippen LogP contribution in [0.25, 0.3) is 28.2 Å². The molecule has 1 aliphatic rings. The summed E-state index contributed by atoms with van der Waals surface area (Å²) in [6, 6.07) is 27.4. The monoisotopic (exact) mass is 449 g/mol. The molecule has 7 heteroatoms. The van der Waals surface area contributed by atoms with E-state index in [1.54, 1.807) is 4.68 Å². The van der Waals surface area contributed by atoms with Crippen LogP contribution in [0.2, 0.25) is 0 Å². The number of piperidine rings is 1. The van der Waals surface area contributed by atoms with Gasteiger partial charge in [0, 0.05) is 24.6 Å². The quantitative estimate of drug-likeness (QED) is 0.382. The van der Waals surface area contributed by atoms with E-state index in [9.17, 15) is 4.79 Å². The molecule has 1 fully saturated rings. The largest absolute Gasteiger partial charge is 0.440 e. The van der Waals surface area contributed by atoms with Crippen LogP contribution in [0.5, 0.6) is 0 Å². The third kappa shape index (κ3) is 3.75. The highest BCUT2D eigenvalue weighted by atomic mass is 16.3. The molecule has 0 unspecified atom stereocenters. The first-order valence-electron chi connectivity index (χ1n) is 11.5. The molecule has 1 aliphatic heterocycles. The van der Waals surface area contributed by atoms with Crippen LogP contribution >= 0.6 is 0 Å². The minimum atomic E-state index is -0.150. The van der Waals surface area contributed by atoms with Crippen LogP contribution in [0.4, 0.5) is 0 Å². The van der Waals surface area contributed by atoms with E-state index in [-0.39, 0.29) is 17.6 Å². The van der Waals surface area contributed by atoms with E-state index in [0.29, 0.717) is 18.9 Å². The highest BCUT2D eigenvalue weighted by Crippen LogP contribution is 2.30. The zero-order chi connectivity index (χ0) is 22.9. The molecule has 0 N–H and O–H groups in total. The zero-order valence-electron chi connectivity index (χ0n) is 18.5. The van der Waals surface area contributed by atoms with E-state index in [1.807, 2.05) is 89.8 Å². The van der Waals surface area contributed by atoms with Gasteiger partial charge in [-0.25, -0.2) is 14.6 Å². The van der Waals surface area contributed by atoms with Crippen LogP contribution in [-0.2, 0) is 0 Å². The molecule has 7 nitrogen and oxygen atoms in total. The van der Waals surface area contributed by atoms with E-state index in [2.05, 4.69) is 15.1 Å². The molecule has 3 heterocycles. The minimum Gasteiger partial charge on any atom is -0.440 e. The standard InChI is InChI=1S/C27H23N5O2/c33-27(31-17-15-20(16-18-31)26-28-22-13-7-8-14-23(22)34-26)24-29-25(19-9-3-1-4-10-19)32(30-24)21-11-5-2-6-12-21/h1-14,20H,15-18H2. The van der Waals surface area contributed by atoms with Crippen molar-refractivity contribution in [3.8, 4) is 17.1 Å². The summed E-state index contributed by atoms with van der Waals surface area (Å²) in [5.41, 5.74) is 3.45. The molecule has 0 spiro atoms. The van der Waals surface area contributed by atoms with Gasteiger partial charge in [-0.3, -0.25) is 4.79 Å². The molecule has 1 amide bonds. The Hall–Kier alpha value is -4.26. The number of rotatable bonds is 4. The maximum absolute atomic E-state index is 13.4. The van der Waals surface area contributed by atoms with Crippen molar-refractivity contribution in [2.24, 2.45) is 0 Å². The number of fused-ring (bicyclic) bond motifs is 1. The second-order valence-electron chi connectivity index (χ2n) is 8.46. The number of hydrogen-bond donors (Lipinski definition) is 0. The fraction of sp³-hybridized carbons (Fsp3) is 0.185. The predicted molar refractivity (Wildman–Crippen MR) is 129 cm³/mol. The number of benzene rings is 3. The summed E-state index contributed by atoms with van der Waals surface area (Å²) in [5.74, 6) is 1.67. The molecule has 0 radical (unpaired) electrons. The molecule has 0 bridgehead atoms. The van der Waals surface area contributed by atoms with Crippen molar-refractivity contribution in [2.45, 2.75) is 18.8 Å². The Morgan fingerprint density at radius 3 is 2.24 bits per heavy atom. The Labute approximate surface area is 196 Å². The first-order valence-corrected chi connectivity index (χ1v) is 11.5. The molecule has 2 aromatic heterocycles. The van der Waals surface area contributed by atoms with Crippen molar-refractivity contribution in [1.82, 2.24) is 24.6 Å². The molecule has 0 aliphatic carbocycles. The Morgan fingerprint density at radius 1 is 0.824 bits per heavy atom. The van der Waals surface area contributed by atoms with Gasteiger partial charge >= 0.3 is 0 Å². The normalized spacial score (nSPS) is 14.5. The van der Waals surface area contributed by atoms with Gasteiger partial charge in [-0.05, 0) is 37.1 Å². The maximum Gasteiger partial charge on any atom is 0.293 e. The van der Waals surface area contributed by atoms with Crippen LogP contribution in [0.1, 0.15) is 35.3 Å². The first kappa shape index (κ1) is 20.4.